The van der Waals surface area contributed by atoms with Gasteiger partial charge in [-0.25, -0.2) is 8.42 Å². The average molecular weight is 355 g/mol. The zero-order chi connectivity index (χ0) is 13.8. The number of halogens is 2. The van der Waals surface area contributed by atoms with Crippen LogP contribution in [0, 0.1) is 0 Å². The molecular weight excluding hydrogens is 342 g/mol. The zero-order valence-corrected chi connectivity index (χ0v) is 12.9. The van der Waals surface area contributed by atoms with Gasteiger partial charge in [-0.15, -0.1) is 0 Å². The van der Waals surface area contributed by atoms with Gasteiger partial charge in [0.05, 0.1) is 4.90 Å². The number of rotatable bonds is 5. The Labute approximate surface area is 119 Å². The molecule has 0 aliphatic carbocycles. The first-order valence-corrected chi connectivity index (χ1v) is 8.49. The van der Waals surface area contributed by atoms with Crippen molar-refractivity contribution in [3.8, 4) is 0 Å². The summed E-state index contributed by atoms with van der Waals surface area (Å²) in [5, 5.41) is 2.69. The molecule has 0 fully saturated rings. The number of nitrogens with one attached hydrogen (secondary N) is 1. The van der Waals surface area contributed by atoms with E-state index in [1.165, 1.54) is 18.2 Å². The molecule has 1 aromatic rings. The van der Waals surface area contributed by atoms with E-state index in [0.717, 1.165) is 12.8 Å². The Morgan fingerprint density at radius 1 is 1.44 bits per heavy atom. The van der Waals surface area contributed by atoms with Crippen molar-refractivity contribution < 1.29 is 13.2 Å². The van der Waals surface area contributed by atoms with Crippen molar-refractivity contribution in [3.05, 3.63) is 22.7 Å². The summed E-state index contributed by atoms with van der Waals surface area (Å²) < 4.78 is 22.7. The minimum atomic E-state index is -3.78. The van der Waals surface area contributed by atoms with Crippen LogP contribution in [0.5, 0.6) is 0 Å². The molecule has 1 amide bonds. The second kappa shape index (κ2) is 6.54. The van der Waals surface area contributed by atoms with Crippen LogP contribution in [0.25, 0.3) is 0 Å². The number of amides is 1. The number of unbranched alkanes of at least 4 members (excludes halogenated alkanes) is 1. The van der Waals surface area contributed by atoms with Gasteiger partial charge in [-0.05, 0) is 40.5 Å². The molecule has 0 unspecified atom stereocenters. The number of carbonyl (C=O) groups excluding carboxylic acids is 1. The lowest BCUT2D eigenvalue weighted by Crippen LogP contribution is -2.11. The van der Waals surface area contributed by atoms with Gasteiger partial charge >= 0.3 is 0 Å². The Kier molecular flexibility index (Phi) is 5.62. The maximum absolute atomic E-state index is 11.5. The molecule has 0 radical (unpaired) electrons. The summed E-state index contributed by atoms with van der Waals surface area (Å²) in [6, 6.07) is 4.37. The van der Waals surface area contributed by atoms with Crippen LogP contribution in [-0.4, -0.2) is 14.3 Å². The maximum Gasteiger partial charge on any atom is 0.262 e. The third-order valence-corrected chi connectivity index (χ3v) is 4.53. The van der Waals surface area contributed by atoms with Crippen LogP contribution in [-0.2, 0) is 13.8 Å². The summed E-state index contributed by atoms with van der Waals surface area (Å²) in [5.41, 5.74) is 0.534. The summed E-state index contributed by atoms with van der Waals surface area (Å²) in [5.74, 6) is -0.0924. The molecule has 0 saturated carbocycles. The number of carbonyl (C=O) groups is 1. The van der Waals surface area contributed by atoms with Crippen molar-refractivity contribution >= 4 is 47.3 Å². The zero-order valence-electron chi connectivity index (χ0n) is 9.74. The van der Waals surface area contributed by atoms with E-state index in [-0.39, 0.29) is 10.8 Å². The fourth-order valence-corrected chi connectivity index (χ4v) is 3.56. The van der Waals surface area contributed by atoms with Gasteiger partial charge in [-0.1, -0.05) is 13.3 Å². The Balaban J connectivity index is 2.82. The van der Waals surface area contributed by atoms with Gasteiger partial charge in [0.25, 0.3) is 9.05 Å². The molecular formula is C11H13BrClNO3S. The number of hydrogen-bond acceptors (Lipinski definition) is 3. The van der Waals surface area contributed by atoms with E-state index in [0.29, 0.717) is 16.6 Å². The molecule has 0 aliphatic rings. The van der Waals surface area contributed by atoms with E-state index in [4.69, 9.17) is 10.7 Å². The summed E-state index contributed by atoms with van der Waals surface area (Å²) in [7, 11) is 1.47. The van der Waals surface area contributed by atoms with E-state index < -0.39 is 9.05 Å². The fourth-order valence-electron chi connectivity index (χ4n) is 1.34. The first-order valence-electron chi connectivity index (χ1n) is 5.38. The van der Waals surface area contributed by atoms with Crippen molar-refractivity contribution in [2.75, 3.05) is 5.32 Å². The minimum absolute atomic E-state index is 0.0178. The van der Waals surface area contributed by atoms with Crippen molar-refractivity contribution in [1.29, 1.82) is 0 Å². The van der Waals surface area contributed by atoms with Gasteiger partial charge in [-0.2, -0.15) is 0 Å². The van der Waals surface area contributed by atoms with Crippen LogP contribution in [0.15, 0.2) is 27.6 Å². The van der Waals surface area contributed by atoms with Crippen LogP contribution >= 0.6 is 26.6 Å². The number of benzene rings is 1. The topological polar surface area (TPSA) is 63.2 Å². The molecule has 0 aromatic heterocycles. The molecule has 0 heterocycles. The second-order valence-corrected chi connectivity index (χ2v) is 7.12. The van der Waals surface area contributed by atoms with Crippen molar-refractivity contribution in [1.82, 2.24) is 0 Å². The standard InChI is InChI=1S/C11H13BrClNO3S/c1-2-3-4-11(15)14-8-5-6-10(9(12)7-8)18(13,16)17/h5-7H,2-4H2,1H3,(H,14,15). The minimum Gasteiger partial charge on any atom is -0.326 e. The number of anilines is 1. The smallest absolute Gasteiger partial charge is 0.262 e. The Morgan fingerprint density at radius 3 is 2.61 bits per heavy atom. The third-order valence-electron chi connectivity index (χ3n) is 2.24. The Bertz CT molecular complexity index is 545. The molecule has 0 spiro atoms. The molecule has 0 bridgehead atoms. The van der Waals surface area contributed by atoms with Crippen LogP contribution < -0.4 is 5.32 Å². The highest BCUT2D eigenvalue weighted by molar-refractivity contribution is 9.10. The highest BCUT2D eigenvalue weighted by Crippen LogP contribution is 2.28. The SMILES string of the molecule is CCCCC(=O)Nc1ccc(S(=O)(=O)Cl)c(Br)c1. The largest absolute Gasteiger partial charge is 0.326 e. The summed E-state index contributed by atoms with van der Waals surface area (Å²) >= 11 is 3.11. The van der Waals surface area contributed by atoms with Crippen LogP contribution in [0.1, 0.15) is 26.2 Å². The van der Waals surface area contributed by atoms with Crippen LogP contribution in [0.3, 0.4) is 0 Å². The van der Waals surface area contributed by atoms with Gasteiger partial charge in [-0.3, -0.25) is 4.79 Å². The van der Waals surface area contributed by atoms with Crippen molar-refractivity contribution in [2.24, 2.45) is 0 Å². The van der Waals surface area contributed by atoms with E-state index in [1.807, 2.05) is 6.92 Å². The molecule has 4 nitrogen and oxygen atoms in total. The molecule has 1 rings (SSSR count). The normalized spacial score (nSPS) is 11.3. The molecule has 0 saturated heterocycles. The lowest BCUT2D eigenvalue weighted by atomic mass is 10.2. The molecule has 0 aliphatic heterocycles. The highest BCUT2D eigenvalue weighted by atomic mass is 79.9. The van der Waals surface area contributed by atoms with Gasteiger partial charge in [0, 0.05) is 27.3 Å². The van der Waals surface area contributed by atoms with Gasteiger partial charge in [0.2, 0.25) is 5.91 Å². The first-order chi connectivity index (χ1) is 8.34. The van der Waals surface area contributed by atoms with Gasteiger partial charge < -0.3 is 5.32 Å². The predicted octanol–water partition coefficient (Wildman–Crippen LogP) is 3.51. The lowest BCUT2D eigenvalue weighted by molar-refractivity contribution is -0.116. The summed E-state index contributed by atoms with van der Waals surface area (Å²) in [6.07, 6.45) is 2.21. The quantitative estimate of drug-likeness (QED) is 0.823. The molecule has 0 atom stereocenters. The van der Waals surface area contributed by atoms with Crippen molar-refractivity contribution in [3.63, 3.8) is 0 Å². The predicted molar refractivity (Wildman–Crippen MR) is 75.3 cm³/mol. The summed E-state index contributed by atoms with van der Waals surface area (Å²) in [4.78, 5) is 11.5. The molecule has 1 aromatic carbocycles. The Morgan fingerprint density at radius 2 is 2.11 bits per heavy atom. The highest BCUT2D eigenvalue weighted by Gasteiger charge is 2.14. The third kappa shape index (κ3) is 4.59. The van der Waals surface area contributed by atoms with E-state index in [1.54, 1.807) is 0 Å². The second-order valence-electron chi connectivity index (χ2n) is 3.73. The molecule has 100 valence electrons. The van der Waals surface area contributed by atoms with Crippen LogP contribution in [0.4, 0.5) is 5.69 Å². The fraction of sp³-hybridized carbons (Fsp3) is 0.364. The van der Waals surface area contributed by atoms with Crippen LogP contribution in [0.2, 0.25) is 0 Å². The van der Waals surface area contributed by atoms with E-state index in [9.17, 15) is 13.2 Å². The Hall–Kier alpha value is -0.590. The average Bonchev–Trinajstić information content (AvgIpc) is 2.24. The maximum atomic E-state index is 11.5. The first kappa shape index (κ1) is 15.5. The van der Waals surface area contributed by atoms with E-state index >= 15 is 0 Å². The van der Waals surface area contributed by atoms with Gasteiger partial charge in [0.1, 0.15) is 0 Å². The summed E-state index contributed by atoms with van der Waals surface area (Å²) in [6.45, 7) is 2.00. The number of hydrogen-bond donors (Lipinski definition) is 1. The molecule has 7 heteroatoms. The molecule has 1 N–H and O–H groups in total. The monoisotopic (exact) mass is 353 g/mol. The molecule has 18 heavy (non-hydrogen) atoms. The lowest BCUT2D eigenvalue weighted by Gasteiger charge is -2.07. The van der Waals surface area contributed by atoms with Gasteiger partial charge in [0.15, 0.2) is 0 Å². The van der Waals surface area contributed by atoms with Crippen molar-refractivity contribution in [2.45, 2.75) is 31.1 Å². The van der Waals surface area contributed by atoms with E-state index in [2.05, 4.69) is 21.2 Å².